The lowest BCUT2D eigenvalue weighted by atomic mass is 10.0. The molecule has 4 nitrogen and oxygen atoms in total. The first-order valence-electron chi connectivity index (χ1n) is 8.51. The first kappa shape index (κ1) is 17.0. The molecule has 0 spiro atoms. The van der Waals surface area contributed by atoms with Crippen molar-refractivity contribution in [2.24, 2.45) is 0 Å². The Morgan fingerprint density at radius 2 is 1.80 bits per heavy atom. The maximum Gasteiger partial charge on any atom is 0.343 e. The number of aryl methyl sites for hydroxylation is 1. The van der Waals surface area contributed by atoms with Gasteiger partial charge in [-0.2, -0.15) is 0 Å². The van der Waals surface area contributed by atoms with Crippen LogP contribution in [0.25, 0.3) is 10.9 Å². The van der Waals surface area contributed by atoms with Crippen molar-refractivity contribution >= 4 is 16.9 Å². The van der Waals surface area contributed by atoms with Crippen LogP contribution in [-0.4, -0.2) is 17.1 Å². The van der Waals surface area contributed by atoms with Crippen LogP contribution in [-0.2, 0) is 17.7 Å². The van der Waals surface area contributed by atoms with Gasteiger partial charge in [-0.05, 0) is 43.5 Å². The molecule has 0 aliphatic carbocycles. The minimum absolute atomic E-state index is 0.0898. The van der Waals surface area contributed by atoms with Gasteiger partial charge in [0.2, 0.25) is 5.43 Å². The van der Waals surface area contributed by atoms with Gasteiger partial charge < -0.3 is 9.30 Å². The van der Waals surface area contributed by atoms with Crippen LogP contribution in [0, 0.1) is 0 Å². The van der Waals surface area contributed by atoms with Crippen LogP contribution in [0.15, 0.2) is 59.5 Å². The predicted octanol–water partition coefficient (Wildman–Crippen LogP) is 3.79. The lowest BCUT2D eigenvalue weighted by molar-refractivity contribution is 0.0524. The van der Waals surface area contributed by atoms with Crippen LogP contribution in [0.1, 0.15) is 35.3 Å². The zero-order chi connectivity index (χ0) is 17.8. The summed E-state index contributed by atoms with van der Waals surface area (Å²) < 4.78 is 6.94. The lowest BCUT2D eigenvalue weighted by Crippen LogP contribution is -2.20. The highest BCUT2D eigenvalue weighted by Gasteiger charge is 2.16. The number of hydrogen-bond acceptors (Lipinski definition) is 3. The van der Waals surface area contributed by atoms with Crippen LogP contribution >= 0.6 is 0 Å². The number of aromatic nitrogens is 1. The maximum atomic E-state index is 12.7. The first-order valence-corrected chi connectivity index (χ1v) is 8.51. The molecule has 128 valence electrons. The summed E-state index contributed by atoms with van der Waals surface area (Å²) in [7, 11) is 0. The number of esters is 1. The van der Waals surface area contributed by atoms with E-state index in [1.54, 1.807) is 13.1 Å². The maximum absolute atomic E-state index is 12.7. The average molecular weight is 335 g/mol. The molecule has 0 unspecified atom stereocenters. The van der Waals surface area contributed by atoms with E-state index >= 15 is 0 Å². The number of pyridine rings is 1. The Morgan fingerprint density at radius 1 is 1.04 bits per heavy atom. The predicted molar refractivity (Wildman–Crippen MR) is 99.1 cm³/mol. The van der Waals surface area contributed by atoms with E-state index in [1.807, 2.05) is 47.9 Å². The molecule has 0 N–H and O–H groups in total. The van der Waals surface area contributed by atoms with Crippen molar-refractivity contribution in [3.8, 4) is 0 Å². The van der Waals surface area contributed by atoms with E-state index in [2.05, 4.69) is 12.1 Å². The molecule has 3 aromatic rings. The molecule has 0 fully saturated rings. The van der Waals surface area contributed by atoms with E-state index in [4.69, 9.17) is 4.74 Å². The molecule has 0 aliphatic heterocycles. The lowest BCUT2D eigenvalue weighted by Gasteiger charge is -2.12. The van der Waals surface area contributed by atoms with Gasteiger partial charge in [-0.15, -0.1) is 0 Å². The van der Waals surface area contributed by atoms with Crippen LogP contribution in [0.2, 0.25) is 0 Å². The minimum atomic E-state index is -0.565. The van der Waals surface area contributed by atoms with Crippen molar-refractivity contribution in [1.82, 2.24) is 4.57 Å². The number of benzene rings is 2. The molecule has 0 radical (unpaired) electrons. The molecule has 4 heteroatoms. The summed E-state index contributed by atoms with van der Waals surface area (Å²) in [5, 5.41) is 0.546. The Hall–Kier alpha value is -2.88. The molecule has 3 rings (SSSR count). The Kier molecular flexibility index (Phi) is 4.98. The SMILES string of the molecule is CCOC(=O)c1cn(CC)c2cc(Cc3ccccc3)ccc2c1=O. The summed E-state index contributed by atoms with van der Waals surface area (Å²) in [4.78, 5) is 24.7. The molecule has 1 heterocycles. The minimum Gasteiger partial charge on any atom is -0.462 e. The van der Waals surface area contributed by atoms with E-state index in [0.29, 0.717) is 11.9 Å². The molecule has 0 atom stereocenters. The van der Waals surface area contributed by atoms with E-state index in [0.717, 1.165) is 17.5 Å². The second-order valence-corrected chi connectivity index (χ2v) is 5.89. The van der Waals surface area contributed by atoms with Crippen molar-refractivity contribution < 1.29 is 9.53 Å². The van der Waals surface area contributed by atoms with Crippen molar-refractivity contribution in [2.75, 3.05) is 6.61 Å². The van der Waals surface area contributed by atoms with Gasteiger partial charge in [-0.25, -0.2) is 4.79 Å². The first-order chi connectivity index (χ1) is 12.1. The Morgan fingerprint density at radius 3 is 2.48 bits per heavy atom. The fraction of sp³-hybridized carbons (Fsp3) is 0.238. The molecule has 0 saturated carbocycles. The third-order valence-electron chi connectivity index (χ3n) is 4.23. The van der Waals surface area contributed by atoms with Gasteiger partial charge in [0, 0.05) is 18.1 Å². The fourth-order valence-corrected chi connectivity index (χ4v) is 2.99. The number of nitrogens with zero attached hydrogens (tertiary/aromatic N) is 1. The van der Waals surface area contributed by atoms with Gasteiger partial charge in [0.05, 0.1) is 12.1 Å². The van der Waals surface area contributed by atoms with Crippen molar-refractivity contribution in [3.05, 3.63) is 81.6 Å². The van der Waals surface area contributed by atoms with Crippen LogP contribution in [0.5, 0.6) is 0 Å². The quantitative estimate of drug-likeness (QED) is 0.667. The van der Waals surface area contributed by atoms with Crippen LogP contribution in [0.3, 0.4) is 0 Å². The molecular weight excluding hydrogens is 314 g/mol. The summed E-state index contributed by atoms with van der Waals surface area (Å²) in [6.45, 7) is 4.63. The number of rotatable bonds is 5. The summed E-state index contributed by atoms with van der Waals surface area (Å²) >= 11 is 0. The Bertz CT molecular complexity index is 958. The second kappa shape index (κ2) is 7.34. The van der Waals surface area contributed by atoms with E-state index in [1.165, 1.54) is 5.56 Å². The van der Waals surface area contributed by atoms with Gasteiger partial charge in [-0.1, -0.05) is 36.4 Å². The molecule has 0 bridgehead atoms. The highest BCUT2D eigenvalue weighted by Crippen LogP contribution is 2.18. The van der Waals surface area contributed by atoms with Crippen molar-refractivity contribution in [1.29, 1.82) is 0 Å². The zero-order valence-corrected chi connectivity index (χ0v) is 14.5. The third-order valence-corrected chi connectivity index (χ3v) is 4.23. The highest BCUT2D eigenvalue weighted by atomic mass is 16.5. The summed E-state index contributed by atoms with van der Waals surface area (Å²) in [6.07, 6.45) is 2.41. The van der Waals surface area contributed by atoms with E-state index in [9.17, 15) is 9.59 Å². The molecule has 2 aromatic carbocycles. The largest absolute Gasteiger partial charge is 0.462 e. The molecule has 0 aliphatic rings. The number of carbonyl (C=O) groups is 1. The Labute approximate surface area is 146 Å². The van der Waals surface area contributed by atoms with Crippen molar-refractivity contribution in [3.63, 3.8) is 0 Å². The normalized spacial score (nSPS) is 10.8. The molecule has 25 heavy (non-hydrogen) atoms. The smallest absolute Gasteiger partial charge is 0.343 e. The number of fused-ring (bicyclic) bond motifs is 1. The summed E-state index contributed by atoms with van der Waals surface area (Å²) in [6, 6.07) is 16.0. The van der Waals surface area contributed by atoms with E-state index < -0.39 is 5.97 Å². The standard InChI is InChI=1S/C21H21NO3/c1-3-22-14-18(21(24)25-4-2)20(23)17-11-10-16(13-19(17)22)12-15-8-6-5-7-9-15/h5-11,13-14H,3-4,12H2,1-2H3. The van der Waals surface area contributed by atoms with Crippen molar-refractivity contribution in [2.45, 2.75) is 26.8 Å². The molecule has 0 saturated heterocycles. The number of ether oxygens (including phenoxy) is 1. The highest BCUT2D eigenvalue weighted by molar-refractivity contribution is 5.93. The summed E-state index contributed by atoms with van der Waals surface area (Å²) in [5.41, 5.74) is 3.00. The van der Waals surface area contributed by atoms with Gasteiger partial charge in [0.15, 0.2) is 0 Å². The zero-order valence-electron chi connectivity index (χ0n) is 14.5. The number of carbonyl (C=O) groups excluding carboxylic acids is 1. The van der Waals surface area contributed by atoms with Gasteiger partial charge in [0.25, 0.3) is 0 Å². The average Bonchev–Trinajstić information content (AvgIpc) is 2.63. The molecule has 0 amide bonds. The topological polar surface area (TPSA) is 48.3 Å². The molecule has 1 aromatic heterocycles. The third kappa shape index (κ3) is 3.48. The number of hydrogen-bond donors (Lipinski definition) is 0. The van der Waals surface area contributed by atoms with Gasteiger partial charge >= 0.3 is 5.97 Å². The van der Waals surface area contributed by atoms with E-state index in [-0.39, 0.29) is 17.6 Å². The Balaban J connectivity index is 2.09. The fourth-order valence-electron chi connectivity index (χ4n) is 2.99. The monoisotopic (exact) mass is 335 g/mol. The second-order valence-electron chi connectivity index (χ2n) is 5.89. The summed E-state index contributed by atoms with van der Waals surface area (Å²) in [5.74, 6) is -0.565. The van der Waals surface area contributed by atoms with Crippen LogP contribution < -0.4 is 5.43 Å². The van der Waals surface area contributed by atoms with Gasteiger partial charge in [-0.3, -0.25) is 4.79 Å². The van der Waals surface area contributed by atoms with Crippen LogP contribution in [0.4, 0.5) is 0 Å². The molecular formula is C21H21NO3. The van der Waals surface area contributed by atoms with Gasteiger partial charge in [0.1, 0.15) is 5.56 Å².